The molecule has 0 spiro atoms. The standard InChI is InChI=1S/C18H14ClNO4/c1-24-14-8-4-12(5-9-14)15-16(21)18(23)20(17(15)22)10-11-2-6-13(19)7-3-11/h2-9,21H,10H2,1H3. The van der Waals surface area contributed by atoms with Crippen LogP contribution in [0.15, 0.2) is 54.3 Å². The number of carbonyl (C=O) groups excluding carboxylic acids is 2. The van der Waals surface area contributed by atoms with E-state index in [1.165, 1.54) is 7.11 Å². The number of amides is 2. The Bertz CT molecular complexity index is 825. The SMILES string of the molecule is COc1ccc(C2=C(O)C(=O)N(Cc3ccc(Cl)cc3)C2=O)cc1. The van der Waals surface area contributed by atoms with E-state index in [2.05, 4.69) is 0 Å². The van der Waals surface area contributed by atoms with Gasteiger partial charge < -0.3 is 9.84 Å². The first-order chi connectivity index (χ1) is 11.5. The molecule has 0 unspecified atom stereocenters. The maximum absolute atomic E-state index is 12.6. The molecule has 1 aliphatic heterocycles. The molecule has 2 aromatic carbocycles. The number of ether oxygens (including phenoxy) is 1. The molecule has 0 saturated heterocycles. The number of nitrogens with zero attached hydrogens (tertiary/aromatic N) is 1. The van der Waals surface area contributed by atoms with E-state index in [1.54, 1.807) is 48.5 Å². The number of imide groups is 1. The summed E-state index contributed by atoms with van der Waals surface area (Å²) in [7, 11) is 1.53. The minimum atomic E-state index is -0.708. The fourth-order valence-corrected chi connectivity index (χ4v) is 2.62. The number of carbonyl (C=O) groups is 2. The van der Waals surface area contributed by atoms with Crippen LogP contribution in [-0.2, 0) is 16.1 Å². The van der Waals surface area contributed by atoms with Crippen LogP contribution in [-0.4, -0.2) is 28.9 Å². The van der Waals surface area contributed by atoms with Crippen molar-refractivity contribution in [2.75, 3.05) is 7.11 Å². The van der Waals surface area contributed by atoms with Crippen LogP contribution in [0, 0.1) is 0 Å². The van der Waals surface area contributed by atoms with Crippen molar-refractivity contribution < 1.29 is 19.4 Å². The molecule has 0 bridgehead atoms. The number of hydrogen-bond acceptors (Lipinski definition) is 4. The lowest BCUT2D eigenvalue weighted by molar-refractivity contribution is -0.138. The first-order valence-corrected chi connectivity index (χ1v) is 7.57. The molecule has 0 aromatic heterocycles. The van der Waals surface area contributed by atoms with Gasteiger partial charge in [0.2, 0.25) is 0 Å². The van der Waals surface area contributed by atoms with Gasteiger partial charge in [-0.1, -0.05) is 35.9 Å². The van der Waals surface area contributed by atoms with Crippen molar-refractivity contribution in [3.63, 3.8) is 0 Å². The van der Waals surface area contributed by atoms with Crippen molar-refractivity contribution >= 4 is 29.0 Å². The second-order valence-corrected chi connectivity index (χ2v) is 5.71. The molecular weight excluding hydrogens is 330 g/mol. The first kappa shape index (κ1) is 16.1. The zero-order chi connectivity index (χ0) is 17.3. The number of hydrogen-bond donors (Lipinski definition) is 1. The van der Waals surface area contributed by atoms with Gasteiger partial charge in [-0.25, -0.2) is 0 Å². The summed E-state index contributed by atoms with van der Waals surface area (Å²) < 4.78 is 5.06. The largest absolute Gasteiger partial charge is 0.502 e. The van der Waals surface area contributed by atoms with Crippen molar-refractivity contribution in [1.29, 1.82) is 0 Å². The molecule has 1 N–H and O–H groups in total. The van der Waals surface area contributed by atoms with E-state index < -0.39 is 17.6 Å². The third-order valence-electron chi connectivity index (χ3n) is 3.78. The Morgan fingerprint density at radius 2 is 1.62 bits per heavy atom. The first-order valence-electron chi connectivity index (χ1n) is 7.19. The highest BCUT2D eigenvalue weighted by Gasteiger charge is 2.39. The molecule has 0 saturated carbocycles. The molecule has 3 rings (SSSR count). The second-order valence-electron chi connectivity index (χ2n) is 5.28. The fourth-order valence-electron chi connectivity index (χ4n) is 2.50. The van der Waals surface area contributed by atoms with E-state index in [0.29, 0.717) is 16.3 Å². The summed E-state index contributed by atoms with van der Waals surface area (Å²) in [6.07, 6.45) is 0. The zero-order valence-corrected chi connectivity index (χ0v) is 13.6. The lowest BCUT2D eigenvalue weighted by Crippen LogP contribution is -2.31. The molecule has 0 aliphatic carbocycles. The van der Waals surface area contributed by atoms with E-state index in [-0.39, 0.29) is 12.1 Å². The summed E-state index contributed by atoms with van der Waals surface area (Å²) in [6.45, 7) is 0.0680. The summed E-state index contributed by atoms with van der Waals surface area (Å²) in [4.78, 5) is 25.8. The van der Waals surface area contributed by atoms with E-state index in [0.717, 1.165) is 10.5 Å². The predicted molar refractivity (Wildman–Crippen MR) is 89.6 cm³/mol. The van der Waals surface area contributed by atoms with Gasteiger partial charge in [0.1, 0.15) is 5.75 Å². The van der Waals surface area contributed by atoms with E-state index in [9.17, 15) is 14.7 Å². The molecule has 0 radical (unpaired) electrons. The monoisotopic (exact) mass is 343 g/mol. The summed E-state index contributed by atoms with van der Waals surface area (Å²) >= 11 is 5.83. The molecule has 2 amide bonds. The minimum Gasteiger partial charge on any atom is -0.502 e. The number of methoxy groups -OCH3 is 1. The van der Waals surface area contributed by atoms with E-state index in [1.807, 2.05) is 0 Å². The van der Waals surface area contributed by atoms with Crippen molar-refractivity contribution in [3.05, 3.63) is 70.4 Å². The Morgan fingerprint density at radius 3 is 2.21 bits per heavy atom. The fraction of sp³-hybridized carbons (Fsp3) is 0.111. The topological polar surface area (TPSA) is 66.8 Å². The molecule has 1 heterocycles. The minimum absolute atomic E-state index is 0.00313. The van der Waals surface area contributed by atoms with Gasteiger partial charge in [0.25, 0.3) is 11.8 Å². The number of benzene rings is 2. The van der Waals surface area contributed by atoms with Crippen molar-refractivity contribution in [1.82, 2.24) is 4.90 Å². The van der Waals surface area contributed by atoms with Gasteiger partial charge in [-0.05, 0) is 35.4 Å². The Balaban J connectivity index is 1.87. The van der Waals surface area contributed by atoms with E-state index in [4.69, 9.17) is 16.3 Å². The summed E-state index contributed by atoms with van der Waals surface area (Å²) in [5.74, 6) is -1.16. The van der Waals surface area contributed by atoms with Gasteiger partial charge in [0.05, 0.1) is 19.2 Å². The van der Waals surface area contributed by atoms with Gasteiger partial charge in [-0.15, -0.1) is 0 Å². The number of halogens is 1. The van der Waals surface area contributed by atoms with E-state index >= 15 is 0 Å². The molecule has 1 aliphatic rings. The summed E-state index contributed by atoms with van der Waals surface area (Å²) in [5.41, 5.74) is 1.20. The van der Waals surface area contributed by atoms with Gasteiger partial charge in [0, 0.05) is 5.02 Å². The Morgan fingerprint density at radius 1 is 1.00 bits per heavy atom. The zero-order valence-electron chi connectivity index (χ0n) is 12.8. The Labute approximate surface area is 143 Å². The molecule has 24 heavy (non-hydrogen) atoms. The quantitative estimate of drug-likeness (QED) is 0.866. The summed E-state index contributed by atoms with van der Waals surface area (Å²) in [6, 6.07) is 13.4. The van der Waals surface area contributed by atoms with Crippen molar-refractivity contribution in [2.24, 2.45) is 0 Å². The second kappa shape index (κ2) is 6.37. The summed E-state index contributed by atoms with van der Waals surface area (Å²) in [5, 5.41) is 10.7. The smallest absolute Gasteiger partial charge is 0.296 e. The van der Waals surface area contributed by atoms with Crippen LogP contribution in [0.2, 0.25) is 5.02 Å². The Kier molecular flexibility index (Phi) is 4.27. The van der Waals surface area contributed by atoms with Crippen LogP contribution in [0.25, 0.3) is 5.57 Å². The molecule has 0 atom stereocenters. The van der Waals surface area contributed by atoms with Crippen LogP contribution in [0.4, 0.5) is 0 Å². The third-order valence-corrected chi connectivity index (χ3v) is 4.03. The van der Waals surface area contributed by atoms with Crippen LogP contribution in [0.1, 0.15) is 11.1 Å². The number of aliphatic hydroxyl groups is 1. The Hall–Kier alpha value is -2.79. The van der Waals surface area contributed by atoms with Gasteiger partial charge in [-0.3, -0.25) is 14.5 Å². The lowest BCUT2D eigenvalue weighted by atomic mass is 10.1. The van der Waals surface area contributed by atoms with Crippen LogP contribution < -0.4 is 4.74 Å². The molecule has 5 nitrogen and oxygen atoms in total. The predicted octanol–water partition coefficient (Wildman–Crippen LogP) is 3.19. The van der Waals surface area contributed by atoms with Crippen molar-refractivity contribution in [3.8, 4) is 5.75 Å². The highest BCUT2D eigenvalue weighted by atomic mass is 35.5. The van der Waals surface area contributed by atoms with Crippen LogP contribution in [0.3, 0.4) is 0 Å². The molecular formula is C18H14ClNO4. The maximum Gasteiger partial charge on any atom is 0.296 e. The van der Waals surface area contributed by atoms with Gasteiger partial charge in [-0.2, -0.15) is 0 Å². The molecule has 2 aromatic rings. The highest BCUT2D eigenvalue weighted by Crippen LogP contribution is 2.30. The normalized spacial score (nSPS) is 14.5. The molecule has 6 heteroatoms. The number of aliphatic hydroxyl groups excluding tert-OH is 1. The third kappa shape index (κ3) is 2.86. The number of rotatable bonds is 4. The van der Waals surface area contributed by atoms with Gasteiger partial charge >= 0.3 is 0 Å². The van der Waals surface area contributed by atoms with Crippen LogP contribution >= 0.6 is 11.6 Å². The lowest BCUT2D eigenvalue weighted by Gasteiger charge is -2.14. The average molecular weight is 344 g/mol. The van der Waals surface area contributed by atoms with Crippen molar-refractivity contribution in [2.45, 2.75) is 6.54 Å². The van der Waals surface area contributed by atoms with Gasteiger partial charge in [0.15, 0.2) is 5.76 Å². The molecule has 0 fully saturated rings. The average Bonchev–Trinajstić information content (AvgIpc) is 2.80. The highest BCUT2D eigenvalue weighted by molar-refractivity contribution is 6.34. The molecule has 122 valence electrons. The van der Waals surface area contributed by atoms with Crippen LogP contribution in [0.5, 0.6) is 5.75 Å². The maximum atomic E-state index is 12.6.